The molecule has 5 rings (SSSR count). The Balaban J connectivity index is 1.59. The van der Waals surface area contributed by atoms with E-state index in [1.54, 1.807) is 12.1 Å². The van der Waals surface area contributed by atoms with Gasteiger partial charge in [-0.05, 0) is 38.1 Å². The van der Waals surface area contributed by atoms with E-state index >= 15 is 0 Å². The number of rotatable bonds is 3. The lowest BCUT2D eigenvalue weighted by atomic mass is 10.1. The van der Waals surface area contributed by atoms with Crippen molar-refractivity contribution in [2.75, 3.05) is 11.7 Å². The smallest absolute Gasteiger partial charge is 0.335 e. The summed E-state index contributed by atoms with van der Waals surface area (Å²) in [5, 5.41) is 3.17. The van der Waals surface area contributed by atoms with Crippen molar-refractivity contribution < 1.29 is 23.9 Å². The lowest BCUT2D eigenvalue weighted by Gasteiger charge is -2.26. The summed E-state index contributed by atoms with van der Waals surface area (Å²) in [6.07, 6.45) is 3.44. The second-order valence-corrected chi connectivity index (χ2v) is 7.60. The Morgan fingerprint density at radius 2 is 1.81 bits per heavy atom. The van der Waals surface area contributed by atoms with Gasteiger partial charge in [0.05, 0.1) is 5.69 Å². The number of urea groups is 1. The van der Waals surface area contributed by atoms with Crippen LogP contribution in [0.1, 0.15) is 25.5 Å². The van der Waals surface area contributed by atoms with Crippen molar-refractivity contribution in [2.24, 2.45) is 0 Å². The molecule has 4 amide bonds. The molecular formula is C23H19N3O5. The SMILES string of the molecule is CC(C)n1cc(/C=C2/C(=O)NC(=O)N(c3ccc4c(c3)OCO4)C2=O)c2ccccc21. The summed E-state index contributed by atoms with van der Waals surface area (Å²) in [5.41, 5.74) is 1.89. The highest BCUT2D eigenvalue weighted by Crippen LogP contribution is 2.36. The van der Waals surface area contributed by atoms with Gasteiger partial charge < -0.3 is 14.0 Å². The Morgan fingerprint density at radius 3 is 2.61 bits per heavy atom. The van der Waals surface area contributed by atoms with E-state index in [2.05, 4.69) is 23.7 Å². The van der Waals surface area contributed by atoms with Gasteiger partial charge in [-0.3, -0.25) is 14.9 Å². The molecular weight excluding hydrogens is 398 g/mol. The number of carbonyl (C=O) groups is 3. The Bertz CT molecular complexity index is 1290. The summed E-state index contributed by atoms with van der Waals surface area (Å²) >= 11 is 0. The third-order valence-corrected chi connectivity index (χ3v) is 5.34. The minimum absolute atomic E-state index is 0.0719. The molecule has 0 spiro atoms. The summed E-state index contributed by atoms with van der Waals surface area (Å²) < 4.78 is 12.7. The Kier molecular flexibility index (Phi) is 4.28. The number of nitrogens with one attached hydrogen (secondary N) is 1. The van der Waals surface area contributed by atoms with Gasteiger partial charge >= 0.3 is 6.03 Å². The number of anilines is 1. The first-order valence-corrected chi connectivity index (χ1v) is 9.84. The third kappa shape index (κ3) is 3.04. The van der Waals surface area contributed by atoms with Gasteiger partial charge in [0.15, 0.2) is 11.5 Å². The quantitative estimate of drug-likeness (QED) is 0.519. The van der Waals surface area contributed by atoms with E-state index in [0.29, 0.717) is 11.5 Å². The van der Waals surface area contributed by atoms with Crippen molar-refractivity contribution in [2.45, 2.75) is 19.9 Å². The lowest BCUT2D eigenvalue weighted by molar-refractivity contribution is -0.122. The van der Waals surface area contributed by atoms with Crippen LogP contribution in [0.15, 0.2) is 54.2 Å². The van der Waals surface area contributed by atoms with Crippen LogP contribution in [0.5, 0.6) is 11.5 Å². The topological polar surface area (TPSA) is 89.9 Å². The normalized spacial score (nSPS) is 17.2. The van der Waals surface area contributed by atoms with Crippen molar-refractivity contribution in [1.29, 1.82) is 0 Å². The minimum atomic E-state index is -0.810. The van der Waals surface area contributed by atoms with E-state index in [4.69, 9.17) is 9.47 Å². The van der Waals surface area contributed by atoms with Crippen LogP contribution in [0.25, 0.3) is 17.0 Å². The number of hydrogen-bond acceptors (Lipinski definition) is 5. The van der Waals surface area contributed by atoms with Crippen molar-refractivity contribution in [3.8, 4) is 11.5 Å². The molecule has 1 fully saturated rings. The molecule has 0 atom stereocenters. The second kappa shape index (κ2) is 7.02. The number of aromatic nitrogens is 1. The summed E-state index contributed by atoms with van der Waals surface area (Å²) in [6.45, 7) is 4.19. The predicted octanol–water partition coefficient (Wildman–Crippen LogP) is 3.62. The Morgan fingerprint density at radius 1 is 1.03 bits per heavy atom. The number of para-hydroxylation sites is 1. The molecule has 0 saturated carbocycles. The highest BCUT2D eigenvalue weighted by Gasteiger charge is 2.37. The number of hydrogen-bond donors (Lipinski definition) is 1. The van der Waals surface area contributed by atoms with Crippen LogP contribution < -0.4 is 19.7 Å². The van der Waals surface area contributed by atoms with Crippen LogP contribution in [0.3, 0.4) is 0 Å². The number of nitrogens with zero attached hydrogens (tertiary/aromatic N) is 2. The van der Waals surface area contributed by atoms with E-state index in [1.165, 1.54) is 12.1 Å². The second-order valence-electron chi connectivity index (χ2n) is 7.60. The molecule has 1 saturated heterocycles. The van der Waals surface area contributed by atoms with E-state index in [1.807, 2.05) is 30.5 Å². The van der Waals surface area contributed by atoms with Gasteiger partial charge in [-0.15, -0.1) is 0 Å². The van der Waals surface area contributed by atoms with Gasteiger partial charge in [-0.1, -0.05) is 18.2 Å². The first kappa shape index (κ1) is 18.9. The minimum Gasteiger partial charge on any atom is -0.454 e. The maximum Gasteiger partial charge on any atom is 0.335 e. The zero-order chi connectivity index (χ0) is 21.7. The molecule has 8 heteroatoms. The molecule has 0 aliphatic carbocycles. The van der Waals surface area contributed by atoms with E-state index in [0.717, 1.165) is 21.4 Å². The largest absolute Gasteiger partial charge is 0.454 e. The Labute approximate surface area is 177 Å². The first-order valence-electron chi connectivity index (χ1n) is 9.84. The molecule has 3 heterocycles. The zero-order valence-electron chi connectivity index (χ0n) is 16.9. The van der Waals surface area contributed by atoms with Crippen LogP contribution in [-0.4, -0.2) is 29.2 Å². The van der Waals surface area contributed by atoms with Gasteiger partial charge in [-0.25, -0.2) is 9.69 Å². The number of imide groups is 2. The predicted molar refractivity (Wildman–Crippen MR) is 114 cm³/mol. The summed E-state index contributed by atoms with van der Waals surface area (Å²) in [5.74, 6) is -0.468. The molecule has 0 unspecified atom stereocenters. The molecule has 2 aliphatic rings. The van der Waals surface area contributed by atoms with Crippen molar-refractivity contribution in [3.05, 3.63) is 59.8 Å². The van der Waals surface area contributed by atoms with Crippen molar-refractivity contribution >= 4 is 40.5 Å². The molecule has 156 valence electrons. The van der Waals surface area contributed by atoms with Gasteiger partial charge in [0.2, 0.25) is 6.79 Å². The fourth-order valence-corrected chi connectivity index (χ4v) is 3.85. The number of carbonyl (C=O) groups excluding carboxylic acids is 3. The maximum absolute atomic E-state index is 13.2. The number of barbiturate groups is 1. The fourth-order valence-electron chi connectivity index (χ4n) is 3.85. The number of fused-ring (bicyclic) bond motifs is 2. The van der Waals surface area contributed by atoms with E-state index in [9.17, 15) is 14.4 Å². The van der Waals surface area contributed by atoms with E-state index in [-0.39, 0.29) is 24.1 Å². The van der Waals surface area contributed by atoms with Crippen LogP contribution >= 0.6 is 0 Å². The fraction of sp³-hybridized carbons (Fsp3) is 0.174. The molecule has 1 N–H and O–H groups in total. The zero-order valence-corrected chi connectivity index (χ0v) is 16.9. The molecule has 2 aliphatic heterocycles. The third-order valence-electron chi connectivity index (χ3n) is 5.34. The van der Waals surface area contributed by atoms with Crippen LogP contribution in [0, 0.1) is 0 Å². The summed E-state index contributed by atoms with van der Waals surface area (Å²) in [6, 6.07) is 11.9. The number of ether oxygens (including phenoxy) is 2. The van der Waals surface area contributed by atoms with Crippen molar-refractivity contribution in [3.63, 3.8) is 0 Å². The standard InChI is InChI=1S/C23H19N3O5/c1-13(2)25-11-14(16-5-3-4-6-18(16)25)9-17-21(27)24-23(29)26(22(17)28)15-7-8-19-20(10-15)31-12-30-19/h3-11,13H,12H2,1-2H3,(H,24,27,29)/b17-9-. The summed E-state index contributed by atoms with van der Waals surface area (Å²) in [4.78, 5) is 39.2. The van der Waals surface area contributed by atoms with Crippen LogP contribution in [0.4, 0.5) is 10.5 Å². The van der Waals surface area contributed by atoms with Gasteiger partial charge in [0, 0.05) is 34.8 Å². The number of amides is 4. The van der Waals surface area contributed by atoms with Crippen LogP contribution in [0.2, 0.25) is 0 Å². The molecule has 1 aromatic heterocycles. The lowest BCUT2D eigenvalue weighted by Crippen LogP contribution is -2.54. The number of benzene rings is 2. The van der Waals surface area contributed by atoms with Crippen molar-refractivity contribution in [1.82, 2.24) is 9.88 Å². The average Bonchev–Trinajstić information content (AvgIpc) is 3.35. The van der Waals surface area contributed by atoms with Gasteiger partial charge in [0.25, 0.3) is 11.8 Å². The van der Waals surface area contributed by atoms with E-state index < -0.39 is 17.8 Å². The highest BCUT2D eigenvalue weighted by atomic mass is 16.7. The molecule has 8 nitrogen and oxygen atoms in total. The van der Waals surface area contributed by atoms with Gasteiger partial charge in [-0.2, -0.15) is 0 Å². The average molecular weight is 417 g/mol. The Hall–Kier alpha value is -4.07. The molecule has 0 bridgehead atoms. The monoisotopic (exact) mass is 417 g/mol. The first-order chi connectivity index (χ1) is 14.9. The highest BCUT2D eigenvalue weighted by molar-refractivity contribution is 6.39. The summed E-state index contributed by atoms with van der Waals surface area (Å²) in [7, 11) is 0. The maximum atomic E-state index is 13.2. The molecule has 3 aromatic rings. The molecule has 2 aromatic carbocycles. The molecule has 0 radical (unpaired) electrons. The molecule has 31 heavy (non-hydrogen) atoms. The van der Waals surface area contributed by atoms with Gasteiger partial charge in [0.1, 0.15) is 5.57 Å². The van der Waals surface area contributed by atoms with Crippen LogP contribution in [-0.2, 0) is 9.59 Å².